The number of carbonyl (C=O) groups excluding carboxylic acids is 1. The molecule has 0 saturated carbocycles. The Labute approximate surface area is 129 Å². The van der Waals surface area contributed by atoms with Crippen molar-refractivity contribution < 1.29 is 9.53 Å². The van der Waals surface area contributed by atoms with Gasteiger partial charge < -0.3 is 4.74 Å². The molecule has 0 aliphatic heterocycles. The summed E-state index contributed by atoms with van der Waals surface area (Å²) >= 11 is 6.75. The second kappa shape index (κ2) is 6.35. The van der Waals surface area contributed by atoms with E-state index in [0.717, 1.165) is 14.5 Å². The van der Waals surface area contributed by atoms with E-state index in [-0.39, 0.29) is 5.78 Å². The third-order valence-electron chi connectivity index (χ3n) is 2.74. The van der Waals surface area contributed by atoms with E-state index in [0.29, 0.717) is 17.7 Å². The van der Waals surface area contributed by atoms with Gasteiger partial charge in [0, 0.05) is 15.4 Å². The van der Waals surface area contributed by atoms with E-state index < -0.39 is 0 Å². The Morgan fingerprint density at radius 1 is 1.05 bits per heavy atom. The lowest BCUT2D eigenvalue weighted by Gasteiger charge is -2.08. The SMILES string of the molecule is COc1ccc(Br)cc1C(=O)Cc1ccc(Br)cc1. The van der Waals surface area contributed by atoms with Crippen molar-refractivity contribution in [1.82, 2.24) is 0 Å². The summed E-state index contributed by atoms with van der Waals surface area (Å²) in [5, 5.41) is 0. The van der Waals surface area contributed by atoms with Gasteiger partial charge in [-0.15, -0.1) is 0 Å². The molecule has 0 aliphatic carbocycles. The highest BCUT2D eigenvalue weighted by molar-refractivity contribution is 9.10. The van der Waals surface area contributed by atoms with Crippen LogP contribution in [0, 0.1) is 0 Å². The molecule has 2 nitrogen and oxygen atoms in total. The standard InChI is InChI=1S/C15H12Br2O2/c1-19-15-7-6-12(17)9-13(15)14(18)8-10-2-4-11(16)5-3-10/h2-7,9H,8H2,1H3. The first-order chi connectivity index (χ1) is 9.10. The number of hydrogen-bond acceptors (Lipinski definition) is 2. The largest absolute Gasteiger partial charge is 0.496 e. The van der Waals surface area contributed by atoms with Gasteiger partial charge in [0.25, 0.3) is 0 Å². The molecule has 2 aromatic carbocycles. The highest BCUT2D eigenvalue weighted by atomic mass is 79.9. The maximum Gasteiger partial charge on any atom is 0.170 e. The lowest BCUT2D eigenvalue weighted by atomic mass is 10.0. The monoisotopic (exact) mass is 382 g/mol. The topological polar surface area (TPSA) is 26.3 Å². The summed E-state index contributed by atoms with van der Waals surface area (Å²) in [6, 6.07) is 13.2. The van der Waals surface area contributed by atoms with Crippen LogP contribution in [0.3, 0.4) is 0 Å². The fourth-order valence-electron chi connectivity index (χ4n) is 1.78. The number of ketones is 1. The Bertz CT molecular complexity index is 592. The van der Waals surface area contributed by atoms with Crippen molar-refractivity contribution >= 4 is 37.6 Å². The first-order valence-corrected chi connectivity index (χ1v) is 7.30. The van der Waals surface area contributed by atoms with Crippen molar-refractivity contribution in [2.45, 2.75) is 6.42 Å². The average molecular weight is 384 g/mol. The second-order valence-electron chi connectivity index (χ2n) is 4.07. The lowest BCUT2D eigenvalue weighted by Crippen LogP contribution is -2.05. The Kier molecular flexibility index (Phi) is 4.77. The summed E-state index contributed by atoms with van der Waals surface area (Å²) < 4.78 is 7.10. The average Bonchev–Trinajstić information content (AvgIpc) is 2.41. The van der Waals surface area contributed by atoms with Crippen molar-refractivity contribution in [1.29, 1.82) is 0 Å². The summed E-state index contributed by atoms with van der Waals surface area (Å²) in [6.45, 7) is 0. The molecule has 98 valence electrons. The molecule has 0 heterocycles. The third kappa shape index (κ3) is 3.67. The Hall–Kier alpha value is -1.13. The normalized spacial score (nSPS) is 10.3. The molecule has 0 aromatic heterocycles. The quantitative estimate of drug-likeness (QED) is 0.718. The third-order valence-corrected chi connectivity index (χ3v) is 3.76. The van der Waals surface area contributed by atoms with Crippen LogP contribution in [0.15, 0.2) is 51.4 Å². The fourth-order valence-corrected chi connectivity index (χ4v) is 2.41. The van der Waals surface area contributed by atoms with E-state index in [4.69, 9.17) is 4.74 Å². The minimum Gasteiger partial charge on any atom is -0.496 e. The van der Waals surface area contributed by atoms with E-state index in [9.17, 15) is 4.79 Å². The molecule has 0 bridgehead atoms. The van der Waals surface area contributed by atoms with Crippen molar-refractivity contribution in [3.63, 3.8) is 0 Å². The molecule has 0 aliphatic rings. The van der Waals surface area contributed by atoms with E-state index in [1.807, 2.05) is 30.3 Å². The number of ether oxygens (including phenoxy) is 1. The molecular formula is C15H12Br2O2. The van der Waals surface area contributed by atoms with Gasteiger partial charge in [-0.2, -0.15) is 0 Å². The van der Waals surface area contributed by atoms with Crippen LogP contribution in [-0.4, -0.2) is 12.9 Å². The number of benzene rings is 2. The zero-order valence-electron chi connectivity index (χ0n) is 10.3. The van der Waals surface area contributed by atoms with Gasteiger partial charge in [-0.3, -0.25) is 4.79 Å². The fraction of sp³-hybridized carbons (Fsp3) is 0.133. The number of rotatable bonds is 4. The maximum absolute atomic E-state index is 12.3. The van der Waals surface area contributed by atoms with Crippen LogP contribution in [0.5, 0.6) is 5.75 Å². The lowest BCUT2D eigenvalue weighted by molar-refractivity contribution is 0.0990. The molecule has 0 fully saturated rings. The Morgan fingerprint density at radius 3 is 2.32 bits per heavy atom. The van der Waals surface area contributed by atoms with E-state index in [2.05, 4.69) is 31.9 Å². The number of halogens is 2. The van der Waals surface area contributed by atoms with E-state index in [1.165, 1.54) is 0 Å². The van der Waals surface area contributed by atoms with E-state index >= 15 is 0 Å². The van der Waals surface area contributed by atoms with Crippen LogP contribution in [0.4, 0.5) is 0 Å². The van der Waals surface area contributed by atoms with Gasteiger partial charge in [-0.05, 0) is 35.9 Å². The van der Waals surface area contributed by atoms with Gasteiger partial charge >= 0.3 is 0 Å². The maximum atomic E-state index is 12.3. The zero-order chi connectivity index (χ0) is 13.8. The predicted octanol–water partition coefficient (Wildman–Crippen LogP) is 4.65. The number of carbonyl (C=O) groups is 1. The molecule has 2 rings (SSSR count). The van der Waals surface area contributed by atoms with Crippen LogP contribution < -0.4 is 4.74 Å². The highest BCUT2D eigenvalue weighted by Crippen LogP contribution is 2.24. The second-order valence-corrected chi connectivity index (χ2v) is 5.90. The molecule has 4 heteroatoms. The van der Waals surface area contributed by atoms with Crippen molar-refractivity contribution in [2.75, 3.05) is 7.11 Å². The molecule has 0 atom stereocenters. The van der Waals surface area contributed by atoms with Crippen molar-refractivity contribution in [3.05, 3.63) is 62.5 Å². The molecule has 0 saturated heterocycles. The molecule has 19 heavy (non-hydrogen) atoms. The molecule has 0 unspecified atom stereocenters. The molecule has 2 aromatic rings. The minimum atomic E-state index is 0.0421. The molecular weight excluding hydrogens is 372 g/mol. The number of Topliss-reactive ketones (excluding diaryl/α,β-unsaturated/α-hetero) is 1. The van der Waals surface area contributed by atoms with Crippen LogP contribution in [0.2, 0.25) is 0 Å². The van der Waals surface area contributed by atoms with Gasteiger partial charge in [-0.1, -0.05) is 44.0 Å². The van der Waals surface area contributed by atoms with Gasteiger partial charge in [0.15, 0.2) is 5.78 Å². The van der Waals surface area contributed by atoms with Gasteiger partial charge in [0.1, 0.15) is 5.75 Å². The smallest absolute Gasteiger partial charge is 0.170 e. The van der Waals surface area contributed by atoms with Crippen molar-refractivity contribution in [3.8, 4) is 5.75 Å². The molecule has 0 amide bonds. The van der Waals surface area contributed by atoms with Crippen molar-refractivity contribution in [2.24, 2.45) is 0 Å². The van der Waals surface area contributed by atoms with Gasteiger partial charge in [0.05, 0.1) is 12.7 Å². The Balaban J connectivity index is 2.24. The van der Waals surface area contributed by atoms with Crippen LogP contribution in [0.1, 0.15) is 15.9 Å². The summed E-state index contributed by atoms with van der Waals surface area (Å²) in [5.74, 6) is 0.644. The van der Waals surface area contributed by atoms with Gasteiger partial charge in [0.2, 0.25) is 0 Å². The number of hydrogen-bond donors (Lipinski definition) is 0. The van der Waals surface area contributed by atoms with Crippen LogP contribution >= 0.6 is 31.9 Å². The molecule has 0 spiro atoms. The zero-order valence-corrected chi connectivity index (χ0v) is 13.5. The predicted molar refractivity (Wildman–Crippen MR) is 82.9 cm³/mol. The summed E-state index contributed by atoms with van der Waals surface area (Å²) in [4.78, 5) is 12.3. The van der Waals surface area contributed by atoms with Gasteiger partial charge in [-0.25, -0.2) is 0 Å². The first kappa shape index (κ1) is 14.3. The summed E-state index contributed by atoms with van der Waals surface area (Å²) in [7, 11) is 1.57. The van der Waals surface area contributed by atoms with Crippen LogP contribution in [-0.2, 0) is 6.42 Å². The molecule has 0 N–H and O–H groups in total. The Morgan fingerprint density at radius 2 is 1.68 bits per heavy atom. The summed E-state index contributed by atoms with van der Waals surface area (Å²) in [6.07, 6.45) is 0.361. The minimum absolute atomic E-state index is 0.0421. The highest BCUT2D eigenvalue weighted by Gasteiger charge is 2.13. The van der Waals surface area contributed by atoms with Crippen LogP contribution in [0.25, 0.3) is 0 Å². The molecule has 0 radical (unpaired) electrons. The number of methoxy groups -OCH3 is 1. The summed E-state index contributed by atoms with van der Waals surface area (Å²) in [5.41, 5.74) is 1.58. The first-order valence-electron chi connectivity index (χ1n) is 5.71. The van der Waals surface area contributed by atoms with E-state index in [1.54, 1.807) is 19.2 Å².